The van der Waals surface area contributed by atoms with E-state index >= 15 is 0 Å². The zero-order valence-electron chi connectivity index (χ0n) is 23.2. The van der Waals surface area contributed by atoms with E-state index in [1.165, 1.54) is 0 Å². The second-order valence-electron chi connectivity index (χ2n) is 10.3. The highest BCUT2D eigenvalue weighted by molar-refractivity contribution is 6.31. The van der Waals surface area contributed by atoms with Crippen LogP contribution in [0.25, 0.3) is 11.0 Å². The number of rotatable bonds is 8. The van der Waals surface area contributed by atoms with Crippen LogP contribution in [0, 0.1) is 0 Å². The van der Waals surface area contributed by atoms with E-state index < -0.39 is 11.9 Å². The maximum Gasteiger partial charge on any atom is 0.291 e. The maximum absolute atomic E-state index is 14.0. The van der Waals surface area contributed by atoms with Crippen molar-refractivity contribution >= 4 is 28.5 Å². The minimum Gasteiger partial charge on any atom is -0.490 e. The molecule has 2 aliphatic rings. The summed E-state index contributed by atoms with van der Waals surface area (Å²) in [5.41, 5.74) is 2.74. The normalized spacial score (nSPS) is 15.2. The van der Waals surface area contributed by atoms with Crippen LogP contribution in [0.5, 0.6) is 23.0 Å². The van der Waals surface area contributed by atoms with Crippen molar-refractivity contribution in [1.29, 1.82) is 0 Å². The fraction of sp³-hybridized carbons (Fsp3) is 0.176. The Morgan fingerprint density at radius 1 is 0.860 bits per heavy atom. The highest BCUT2D eigenvalue weighted by atomic mass is 35.5. The second kappa shape index (κ2) is 11.0. The van der Waals surface area contributed by atoms with E-state index in [4.69, 9.17) is 35.0 Å². The lowest BCUT2D eigenvalue weighted by atomic mass is 9.97. The molecule has 1 unspecified atom stereocenters. The summed E-state index contributed by atoms with van der Waals surface area (Å²) < 4.78 is 29.2. The molecule has 0 bridgehead atoms. The lowest BCUT2D eigenvalue weighted by molar-refractivity contribution is 0.0714. The first-order valence-corrected chi connectivity index (χ1v) is 14.3. The van der Waals surface area contributed by atoms with Gasteiger partial charge in [0.1, 0.15) is 12.2 Å². The summed E-state index contributed by atoms with van der Waals surface area (Å²) in [6.45, 7) is 2.98. The molecule has 5 aromatic rings. The van der Waals surface area contributed by atoms with Gasteiger partial charge >= 0.3 is 0 Å². The van der Waals surface area contributed by atoms with Gasteiger partial charge in [-0.15, -0.1) is 0 Å². The zero-order valence-corrected chi connectivity index (χ0v) is 23.9. The van der Waals surface area contributed by atoms with Crippen LogP contribution >= 0.6 is 11.6 Å². The van der Waals surface area contributed by atoms with Crippen molar-refractivity contribution in [2.75, 3.05) is 13.4 Å². The zero-order chi connectivity index (χ0) is 29.5. The number of ether oxygens (including phenoxy) is 4. The molecule has 43 heavy (non-hydrogen) atoms. The smallest absolute Gasteiger partial charge is 0.291 e. The van der Waals surface area contributed by atoms with Gasteiger partial charge in [-0.1, -0.05) is 54.1 Å². The summed E-state index contributed by atoms with van der Waals surface area (Å²) in [6.07, 6.45) is 0. The topological polar surface area (TPSA) is 87.4 Å². The maximum atomic E-state index is 14.0. The van der Waals surface area contributed by atoms with Gasteiger partial charge < -0.3 is 28.3 Å². The first-order chi connectivity index (χ1) is 21.0. The molecule has 0 aliphatic carbocycles. The van der Waals surface area contributed by atoms with Gasteiger partial charge in [0.2, 0.25) is 12.6 Å². The van der Waals surface area contributed by atoms with Crippen LogP contribution in [-0.2, 0) is 13.2 Å². The Hall–Kier alpha value is -4.95. The van der Waals surface area contributed by atoms with Crippen LogP contribution in [0.3, 0.4) is 0 Å². The highest BCUT2D eigenvalue weighted by Crippen LogP contribution is 2.43. The molecule has 0 radical (unpaired) electrons. The van der Waals surface area contributed by atoms with E-state index in [2.05, 4.69) is 0 Å². The Labute approximate surface area is 251 Å². The predicted molar refractivity (Wildman–Crippen MR) is 160 cm³/mol. The number of amides is 1. The summed E-state index contributed by atoms with van der Waals surface area (Å²) >= 11 is 6.24. The molecule has 1 atom stereocenters. The SMILES string of the molecule is CCOc1cc(C2c3c(oc4ccc(Cl)cc4c3=O)C(=O)N2Cc2ccc3c(c2)OCO3)ccc1OCc1ccccc1. The van der Waals surface area contributed by atoms with E-state index in [-0.39, 0.29) is 30.1 Å². The highest BCUT2D eigenvalue weighted by Gasteiger charge is 2.43. The van der Waals surface area contributed by atoms with Crippen molar-refractivity contribution in [2.45, 2.75) is 26.1 Å². The van der Waals surface area contributed by atoms with Crippen LogP contribution in [0.15, 0.2) is 94.1 Å². The quantitative estimate of drug-likeness (QED) is 0.193. The molecule has 9 heteroatoms. The Morgan fingerprint density at radius 3 is 2.53 bits per heavy atom. The van der Waals surface area contributed by atoms with Gasteiger partial charge in [0, 0.05) is 11.6 Å². The number of hydrogen-bond acceptors (Lipinski definition) is 7. The van der Waals surface area contributed by atoms with Crippen molar-refractivity contribution in [3.05, 3.63) is 128 Å². The third-order valence-corrected chi connectivity index (χ3v) is 7.77. The van der Waals surface area contributed by atoms with Crippen molar-refractivity contribution in [3.63, 3.8) is 0 Å². The Morgan fingerprint density at radius 2 is 1.70 bits per heavy atom. The number of benzene rings is 4. The molecule has 1 aromatic heterocycles. The molecule has 7 rings (SSSR count). The van der Waals surface area contributed by atoms with Gasteiger partial charge in [-0.25, -0.2) is 0 Å². The van der Waals surface area contributed by atoms with Gasteiger partial charge in [0.25, 0.3) is 5.91 Å². The molecule has 2 aliphatic heterocycles. The second-order valence-corrected chi connectivity index (χ2v) is 10.7. The molecule has 4 aromatic carbocycles. The standard InChI is InChI=1S/C34H26ClNO7/c1-2-39-29-15-22(9-12-26(29)40-18-20-6-4-3-5-7-20)31-30-32(37)24-16-23(35)10-13-25(24)43-33(30)34(38)36(31)17-21-8-11-27-28(14-21)42-19-41-27/h3-16,31H,2,17-19H2,1H3. The van der Waals surface area contributed by atoms with Crippen LogP contribution in [0.4, 0.5) is 0 Å². The van der Waals surface area contributed by atoms with Crippen molar-refractivity contribution in [3.8, 4) is 23.0 Å². The van der Waals surface area contributed by atoms with Gasteiger partial charge in [-0.05, 0) is 66.1 Å². The van der Waals surface area contributed by atoms with Crippen LogP contribution in [-0.4, -0.2) is 24.2 Å². The molecular formula is C34H26ClNO7. The Balaban J connectivity index is 1.33. The molecule has 8 nitrogen and oxygen atoms in total. The molecule has 0 spiro atoms. The lowest BCUT2D eigenvalue weighted by Gasteiger charge is -2.26. The van der Waals surface area contributed by atoms with Gasteiger partial charge in [-0.3, -0.25) is 9.59 Å². The van der Waals surface area contributed by atoms with Crippen LogP contribution in [0.1, 0.15) is 45.8 Å². The fourth-order valence-electron chi connectivity index (χ4n) is 5.56. The summed E-state index contributed by atoms with van der Waals surface area (Å²) in [7, 11) is 0. The number of hydrogen-bond donors (Lipinski definition) is 0. The van der Waals surface area contributed by atoms with Crippen LogP contribution in [0.2, 0.25) is 5.02 Å². The fourth-order valence-corrected chi connectivity index (χ4v) is 5.73. The minimum atomic E-state index is -0.755. The van der Waals surface area contributed by atoms with Crippen molar-refractivity contribution in [1.82, 2.24) is 4.90 Å². The van der Waals surface area contributed by atoms with E-state index in [9.17, 15) is 9.59 Å². The molecule has 3 heterocycles. The van der Waals surface area contributed by atoms with Gasteiger partial charge in [0.05, 0.1) is 23.6 Å². The molecule has 1 amide bonds. The van der Waals surface area contributed by atoms with Crippen molar-refractivity contribution < 1.29 is 28.2 Å². The largest absolute Gasteiger partial charge is 0.490 e. The third kappa shape index (κ3) is 4.93. The monoisotopic (exact) mass is 595 g/mol. The minimum absolute atomic E-state index is 0.00734. The average molecular weight is 596 g/mol. The van der Waals surface area contributed by atoms with E-state index in [0.29, 0.717) is 57.8 Å². The van der Waals surface area contributed by atoms with Crippen LogP contribution < -0.4 is 24.4 Å². The number of carbonyl (C=O) groups is 1. The summed E-state index contributed by atoms with van der Waals surface area (Å²) in [5.74, 6) is 1.92. The molecule has 216 valence electrons. The Bertz CT molecular complexity index is 1920. The number of fused-ring (bicyclic) bond motifs is 3. The molecule has 0 N–H and O–H groups in total. The molecule has 0 fully saturated rings. The first-order valence-electron chi connectivity index (χ1n) is 13.9. The number of halogens is 1. The first kappa shape index (κ1) is 26.9. The van der Waals surface area contributed by atoms with Crippen molar-refractivity contribution in [2.24, 2.45) is 0 Å². The molecule has 0 saturated heterocycles. The molecular weight excluding hydrogens is 570 g/mol. The van der Waals surface area contributed by atoms with Gasteiger partial charge in [-0.2, -0.15) is 0 Å². The third-order valence-electron chi connectivity index (χ3n) is 7.54. The summed E-state index contributed by atoms with van der Waals surface area (Å²) in [4.78, 5) is 29.6. The average Bonchev–Trinajstić information content (AvgIpc) is 3.60. The number of nitrogens with zero attached hydrogens (tertiary/aromatic N) is 1. The van der Waals surface area contributed by atoms with E-state index in [0.717, 1.165) is 11.1 Å². The van der Waals surface area contributed by atoms with Gasteiger partial charge in [0.15, 0.2) is 28.4 Å². The Kier molecular flexibility index (Phi) is 6.91. The predicted octanol–water partition coefficient (Wildman–Crippen LogP) is 6.90. The van der Waals surface area contributed by atoms with E-state index in [1.54, 1.807) is 23.1 Å². The summed E-state index contributed by atoms with van der Waals surface area (Å²) in [6, 6.07) is 24.9. The summed E-state index contributed by atoms with van der Waals surface area (Å²) in [5, 5.41) is 0.707. The van der Waals surface area contributed by atoms with E-state index in [1.807, 2.05) is 73.7 Å². The molecule has 0 saturated carbocycles. The lowest BCUT2D eigenvalue weighted by Crippen LogP contribution is -2.29. The number of carbonyl (C=O) groups excluding carboxylic acids is 1.